The van der Waals surface area contributed by atoms with E-state index in [0.29, 0.717) is 31.1 Å². The molecule has 4 nitrogen and oxygen atoms in total. The summed E-state index contributed by atoms with van der Waals surface area (Å²) >= 11 is 0. The number of rotatable bonds is 6. The van der Waals surface area contributed by atoms with Crippen molar-refractivity contribution in [2.24, 2.45) is 11.7 Å². The Hall–Kier alpha value is -1.26. The number of hydrogen-bond donors (Lipinski definition) is 2. The number of ether oxygens (including phenoxy) is 1. The molecule has 0 heterocycles. The molecule has 5 heteroatoms. The van der Waals surface area contributed by atoms with E-state index in [2.05, 4.69) is 6.07 Å². The van der Waals surface area contributed by atoms with Crippen LogP contribution < -0.4 is 10.5 Å². The quantitative estimate of drug-likeness (QED) is 0.841. The van der Waals surface area contributed by atoms with Gasteiger partial charge >= 0.3 is 5.97 Å². The highest BCUT2D eigenvalue weighted by Crippen LogP contribution is 2.31. The second-order valence-corrected chi connectivity index (χ2v) is 5.88. The minimum Gasteiger partial charge on any atom is -0.478 e. The molecule has 0 aromatic heterocycles. The molecule has 1 aliphatic rings. The van der Waals surface area contributed by atoms with E-state index in [-0.39, 0.29) is 12.4 Å². The van der Waals surface area contributed by atoms with E-state index in [4.69, 9.17) is 10.5 Å². The van der Waals surface area contributed by atoms with Crippen LogP contribution in [0.5, 0.6) is 5.75 Å². The highest BCUT2D eigenvalue weighted by Gasteiger charge is 2.37. The first-order valence-electron chi connectivity index (χ1n) is 7.79. The van der Waals surface area contributed by atoms with E-state index in [0.717, 1.165) is 19.3 Å². The minimum atomic E-state index is -1.13. The topological polar surface area (TPSA) is 72.5 Å². The molecule has 0 aliphatic heterocycles. The van der Waals surface area contributed by atoms with Crippen molar-refractivity contribution in [3.8, 4) is 5.75 Å². The zero-order chi connectivity index (χ0) is 15.5. The van der Waals surface area contributed by atoms with Crippen LogP contribution in [-0.2, 0) is 17.6 Å². The lowest BCUT2D eigenvalue weighted by Gasteiger charge is -2.29. The van der Waals surface area contributed by atoms with Crippen LogP contribution >= 0.6 is 12.4 Å². The van der Waals surface area contributed by atoms with Gasteiger partial charge in [-0.1, -0.05) is 19.9 Å². The Labute approximate surface area is 138 Å². The summed E-state index contributed by atoms with van der Waals surface area (Å²) in [5.74, 6) is 0.275. The van der Waals surface area contributed by atoms with Gasteiger partial charge in [-0.3, -0.25) is 0 Å². The predicted octanol–water partition coefficient (Wildman–Crippen LogP) is 3.19. The number of fused-ring (bicyclic) bond motifs is 1. The Morgan fingerprint density at radius 3 is 2.59 bits per heavy atom. The van der Waals surface area contributed by atoms with Crippen molar-refractivity contribution in [2.45, 2.75) is 51.6 Å². The van der Waals surface area contributed by atoms with Crippen LogP contribution in [0.1, 0.15) is 44.2 Å². The Morgan fingerprint density at radius 1 is 1.36 bits per heavy atom. The average molecular weight is 328 g/mol. The molecular weight excluding hydrogens is 302 g/mol. The number of halogens is 1. The van der Waals surface area contributed by atoms with Crippen molar-refractivity contribution in [1.82, 2.24) is 0 Å². The maximum absolute atomic E-state index is 11.5. The van der Waals surface area contributed by atoms with Gasteiger partial charge in [-0.15, -0.1) is 12.4 Å². The fourth-order valence-electron chi connectivity index (χ4n) is 3.04. The van der Waals surface area contributed by atoms with Gasteiger partial charge in [0.25, 0.3) is 0 Å². The smallest absolute Gasteiger partial charge is 0.348 e. The lowest BCUT2D eigenvalue weighted by atomic mass is 9.84. The molecule has 0 fully saturated rings. The van der Waals surface area contributed by atoms with Crippen molar-refractivity contribution >= 4 is 18.4 Å². The number of aryl methyl sites for hydroxylation is 1. The molecule has 0 amide bonds. The third-order valence-electron chi connectivity index (χ3n) is 4.69. The molecule has 0 saturated carbocycles. The summed E-state index contributed by atoms with van der Waals surface area (Å²) in [4.78, 5) is 11.5. The van der Waals surface area contributed by atoms with Gasteiger partial charge in [-0.2, -0.15) is 0 Å². The molecule has 1 atom stereocenters. The maximum atomic E-state index is 11.5. The Morgan fingerprint density at radius 2 is 2.05 bits per heavy atom. The van der Waals surface area contributed by atoms with Crippen molar-refractivity contribution in [3.63, 3.8) is 0 Å². The first-order valence-corrected chi connectivity index (χ1v) is 7.79. The number of benzene rings is 1. The van der Waals surface area contributed by atoms with Crippen molar-refractivity contribution in [1.29, 1.82) is 0 Å². The van der Waals surface area contributed by atoms with E-state index < -0.39 is 11.6 Å². The normalized spacial score (nSPS) is 17.3. The van der Waals surface area contributed by atoms with Crippen LogP contribution in [0.4, 0.5) is 0 Å². The van der Waals surface area contributed by atoms with Crippen LogP contribution in [0, 0.1) is 5.92 Å². The number of carboxylic acids is 1. The van der Waals surface area contributed by atoms with Gasteiger partial charge in [-0.25, -0.2) is 4.79 Å². The molecule has 0 saturated heterocycles. The summed E-state index contributed by atoms with van der Waals surface area (Å²) in [7, 11) is 0. The van der Waals surface area contributed by atoms with E-state index >= 15 is 0 Å². The molecule has 124 valence electrons. The van der Waals surface area contributed by atoms with Crippen LogP contribution in [0.3, 0.4) is 0 Å². The third kappa shape index (κ3) is 3.73. The van der Waals surface area contributed by atoms with Crippen molar-refractivity contribution in [3.05, 3.63) is 29.3 Å². The van der Waals surface area contributed by atoms with Crippen LogP contribution in [-0.4, -0.2) is 23.2 Å². The summed E-state index contributed by atoms with van der Waals surface area (Å²) in [5, 5.41) is 9.46. The molecule has 0 spiro atoms. The fraction of sp³-hybridized carbons (Fsp3) is 0.588. The lowest BCUT2D eigenvalue weighted by Crippen LogP contribution is -2.43. The molecule has 1 aliphatic carbocycles. The Bertz CT molecular complexity index is 515. The highest BCUT2D eigenvalue weighted by atomic mass is 35.5. The first-order chi connectivity index (χ1) is 10.0. The minimum absolute atomic E-state index is 0. The molecule has 2 rings (SSSR count). The van der Waals surface area contributed by atoms with E-state index in [1.165, 1.54) is 11.1 Å². The lowest BCUT2D eigenvalue weighted by molar-refractivity contribution is -0.156. The molecular formula is C17H26ClNO3. The molecule has 22 heavy (non-hydrogen) atoms. The first kappa shape index (κ1) is 18.8. The van der Waals surface area contributed by atoms with Crippen molar-refractivity contribution in [2.75, 3.05) is 6.54 Å². The number of nitrogens with two attached hydrogens (primary N) is 1. The Kier molecular flexibility index (Phi) is 6.69. The molecule has 3 N–H and O–H groups in total. The number of carbonyl (C=O) groups is 1. The van der Waals surface area contributed by atoms with Crippen LogP contribution in [0.15, 0.2) is 18.2 Å². The summed E-state index contributed by atoms with van der Waals surface area (Å²) in [6.45, 7) is 4.40. The standard InChI is InChI=1S/C17H25NO3.ClH/c1-3-17(4-2,16(19)20)21-15-8-7-13-6-5-12(11-18)9-14(13)10-15;/h7-8,10,12H,3-6,9,11,18H2,1-2H3,(H,19,20);1H. The fourth-order valence-corrected chi connectivity index (χ4v) is 3.04. The van der Waals surface area contributed by atoms with Gasteiger partial charge in [0.05, 0.1) is 0 Å². The second kappa shape index (κ2) is 7.84. The van der Waals surface area contributed by atoms with Gasteiger partial charge in [-0.05, 0) is 67.8 Å². The molecule has 0 radical (unpaired) electrons. The SMILES string of the molecule is CCC(CC)(Oc1ccc2c(c1)CC(CN)CC2)C(=O)O.Cl. The summed E-state index contributed by atoms with van der Waals surface area (Å²) < 4.78 is 5.87. The zero-order valence-corrected chi connectivity index (χ0v) is 14.1. The monoisotopic (exact) mass is 327 g/mol. The van der Waals surface area contributed by atoms with E-state index in [1.54, 1.807) is 0 Å². The zero-order valence-electron chi connectivity index (χ0n) is 13.3. The highest BCUT2D eigenvalue weighted by molar-refractivity contribution is 5.85. The number of carboxylic acid groups (broad SMARTS) is 1. The molecule has 0 bridgehead atoms. The van der Waals surface area contributed by atoms with Crippen molar-refractivity contribution < 1.29 is 14.6 Å². The molecule has 1 aromatic rings. The van der Waals surface area contributed by atoms with Crippen LogP contribution in [0.2, 0.25) is 0 Å². The Balaban J connectivity index is 0.00000242. The van der Waals surface area contributed by atoms with Gasteiger partial charge in [0.1, 0.15) is 5.75 Å². The van der Waals surface area contributed by atoms with Gasteiger partial charge in [0.15, 0.2) is 0 Å². The third-order valence-corrected chi connectivity index (χ3v) is 4.69. The average Bonchev–Trinajstić information content (AvgIpc) is 2.51. The largest absolute Gasteiger partial charge is 0.478 e. The van der Waals surface area contributed by atoms with Gasteiger partial charge < -0.3 is 15.6 Å². The van der Waals surface area contributed by atoms with Crippen LogP contribution in [0.25, 0.3) is 0 Å². The van der Waals surface area contributed by atoms with Gasteiger partial charge in [0, 0.05) is 0 Å². The summed E-state index contributed by atoms with van der Waals surface area (Å²) in [6, 6.07) is 5.96. The predicted molar refractivity (Wildman–Crippen MR) is 89.8 cm³/mol. The number of aliphatic carboxylic acids is 1. The van der Waals surface area contributed by atoms with E-state index in [9.17, 15) is 9.90 Å². The summed E-state index contributed by atoms with van der Waals surface area (Å²) in [5.41, 5.74) is 7.23. The summed E-state index contributed by atoms with van der Waals surface area (Å²) in [6.07, 6.45) is 4.03. The van der Waals surface area contributed by atoms with Gasteiger partial charge in [0.2, 0.25) is 5.60 Å². The second-order valence-electron chi connectivity index (χ2n) is 5.88. The number of hydrogen-bond acceptors (Lipinski definition) is 3. The molecule has 1 aromatic carbocycles. The maximum Gasteiger partial charge on any atom is 0.348 e. The molecule has 1 unspecified atom stereocenters. The van der Waals surface area contributed by atoms with E-state index in [1.807, 2.05) is 26.0 Å².